The van der Waals surface area contributed by atoms with Crippen molar-refractivity contribution >= 4 is 5.69 Å². The minimum absolute atomic E-state index is 0.00510. The number of nitrogen functional groups attached to an aromatic ring is 1. The first-order valence-corrected chi connectivity index (χ1v) is 5.83. The molecular weight excluding hydrogens is 214 g/mol. The summed E-state index contributed by atoms with van der Waals surface area (Å²) in [5.74, 6) is 0. The highest BCUT2D eigenvalue weighted by atomic mass is 16.5. The van der Waals surface area contributed by atoms with Crippen LogP contribution in [-0.4, -0.2) is 24.2 Å². The molecule has 4 heteroatoms. The molecule has 1 aromatic heterocycles. The van der Waals surface area contributed by atoms with Gasteiger partial charge in [-0.1, -0.05) is 20.8 Å². The highest BCUT2D eigenvalue weighted by molar-refractivity contribution is 5.44. The maximum absolute atomic E-state index is 6.21. The van der Waals surface area contributed by atoms with E-state index in [9.17, 15) is 0 Å². The fraction of sp³-hybridized carbons (Fsp3) is 0.615. The van der Waals surface area contributed by atoms with E-state index in [0.29, 0.717) is 6.42 Å². The van der Waals surface area contributed by atoms with Gasteiger partial charge in [0.15, 0.2) is 0 Å². The summed E-state index contributed by atoms with van der Waals surface area (Å²) in [6.45, 7) is 6.36. The van der Waals surface area contributed by atoms with Gasteiger partial charge in [0.25, 0.3) is 0 Å². The third-order valence-corrected chi connectivity index (χ3v) is 2.89. The van der Waals surface area contributed by atoms with Crippen LogP contribution in [0.4, 0.5) is 5.69 Å². The Balaban J connectivity index is 2.78. The van der Waals surface area contributed by atoms with E-state index in [1.165, 1.54) is 0 Å². The van der Waals surface area contributed by atoms with Gasteiger partial charge in [0.1, 0.15) is 0 Å². The Kier molecular flexibility index (Phi) is 4.48. The number of ether oxygens (including phenoxy) is 1. The van der Waals surface area contributed by atoms with E-state index in [4.69, 9.17) is 16.2 Å². The first kappa shape index (κ1) is 13.9. The Hall–Kier alpha value is -1.13. The number of rotatable bonds is 4. The summed E-state index contributed by atoms with van der Waals surface area (Å²) in [5.41, 5.74) is 13.8. The van der Waals surface area contributed by atoms with Gasteiger partial charge in [-0.05, 0) is 23.5 Å². The van der Waals surface area contributed by atoms with Crippen molar-refractivity contribution in [1.82, 2.24) is 4.98 Å². The molecule has 17 heavy (non-hydrogen) atoms. The number of aromatic nitrogens is 1. The third kappa shape index (κ3) is 3.68. The van der Waals surface area contributed by atoms with Gasteiger partial charge < -0.3 is 16.2 Å². The smallest absolute Gasteiger partial charge is 0.0773 e. The number of anilines is 1. The zero-order chi connectivity index (χ0) is 13.1. The number of nitrogens with zero attached hydrogens (tertiary/aromatic N) is 1. The average Bonchev–Trinajstić information content (AvgIpc) is 2.20. The fourth-order valence-corrected chi connectivity index (χ4v) is 2.14. The van der Waals surface area contributed by atoms with Crippen molar-refractivity contribution in [2.75, 3.05) is 12.8 Å². The van der Waals surface area contributed by atoms with Crippen molar-refractivity contribution in [2.45, 2.75) is 39.3 Å². The summed E-state index contributed by atoms with van der Waals surface area (Å²) in [7, 11) is 1.70. The minimum Gasteiger partial charge on any atom is -0.398 e. The molecule has 0 bridgehead atoms. The summed E-state index contributed by atoms with van der Waals surface area (Å²) >= 11 is 0. The van der Waals surface area contributed by atoms with Crippen LogP contribution < -0.4 is 11.5 Å². The Morgan fingerprint density at radius 1 is 1.41 bits per heavy atom. The van der Waals surface area contributed by atoms with Gasteiger partial charge >= 0.3 is 0 Å². The molecule has 1 rings (SSSR count). The Morgan fingerprint density at radius 2 is 2.06 bits per heavy atom. The molecule has 0 amide bonds. The lowest BCUT2D eigenvalue weighted by Crippen LogP contribution is -2.46. The maximum atomic E-state index is 6.21. The normalized spacial score (nSPS) is 15.6. The summed E-state index contributed by atoms with van der Waals surface area (Å²) < 4.78 is 5.50. The Bertz CT molecular complexity index is 360. The van der Waals surface area contributed by atoms with E-state index >= 15 is 0 Å². The molecular formula is C13H23N3O. The second kappa shape index (κ2) is 5.47. The summed E-state index contributed by atoms with van der Waals surface area (Å²) in [4.78, 5) is 4.07. The van der Waals surface area contributed by atoms with Gasteiger partial charge in [-0.15, -0.1) is 0 Å². The summed E-state index contributed by atoms with van der Waals surface area (Å²) in [5, 5.41) is 0. The fourth-order valence-electron chi connectivity index (χ4n) is 2.14. The number of hydrogen-bond donors (Lipinski definition) is 2. The van der Waals surface area contributed by atoms with Crippen LogP contribution in [0.15, 0.2) is 18.5 Å². The van der Waals surface area contributed by atoms with Crippen LogP contribution >= 0.6 is 0 Å². The van der Waals surface area contributed by atoms with Gasteiger partial charge in [0.05, 0.1) is 6.10 Å². The SMILES string of the molecule is COC(C(N)Cc1cnccc1N)C(C)(C)C. The van der Waals surface area contributed by atoms with Crippen LogP contribution in [0.3, 0.4) is 0 Å². The lowest BCUT2D eigenvalue weighted by Gasteiger charge is -2.34. The number of nitrogens with two attached hydrogens (primary N) is 2. The molecule has 0 saturated heterocycles. The minimum atomic E-state index is -0.0912. The largest absolute Gasteiger partial charge is 0.398 e. The molecule has 1 heterocycles. The van der Waals surface area contributed by atoms with E-state index < -0.39 is 0 Å². The molecule has 2 atom stereocenters. The molecule has 0 aliphatic rings. The van der Waals surface area contributed by atoms with Gasteiger partial charge in [0, 0.05) is 31.2 Å². The second-order valence-electron chi connectivity index (χ2n) is 5.46. The van der Waals surface area contributed by atoms with Crippen molar-refractivity contribution in [3.05, 3.63) is 24.0 Å². The van der Waals surface area contributed by atoms with Crippen LogP contribution in [0.5, 0.6) is 0 Å². The predicted octanol–water partition coefficient (Wildman–Crippen LogP) is 1.59. The van der Waals surface area contributed by atoms with E-state index in [1.54, 1.807) is 25.6 Å². The molecule has 1 aromatic rings. The molecule has 4 nitrogen and oxygen atoms in total. The Morgan fingerprint density at radius 3 is 2.53 bits per heavy atom. The lowest BCUT2D eigenvalue weighted by molar-refractivity contribution is -0.00163. The quantitative estimate of drug-likeness (QED) is 0.834. The van der Waals surface area contributed by atoms with Gasteiger partial charge in [-0.25, -0.2) is 0 Å². The lowest BCUT2D eigenvalue weighted by atomic mass is 9.83. The predicted molar refractivity (Wildman–Crippen MR) is 70.6 cm³/mol. The van der Waals surface area contributed by atoms with Crippen LogP contribution in [0.1, 0.15) is 26.3 Å². The zero-order valence-electron chi connectivity index (χ0n) is 11.1. The molecule has 96 valence electrons. The first-order chi connectivity index (χ1) is 7.86. The standard InChI is InChI=1S/C13H23N3O/c1-13(2,3)12(17-4)11(15)7-9-8-16-6-5-10(9)14/h5-6,8,11-12H,7,15H2,1-4H3,(H2,14,16). The van der Waals surface area contributed by atoms with Crippen molar-refractivity contribution < 1.29 is 4.74 Å². The molecule has 0 fully saturated rings. The molecule has 0 saturated carbocycles. The van der Waals surface area contributed by atoms with E-state index in [2.05, 4.69) is 25.8 Å². The van der Waals surface area contributed by atoms with Crippen molar-refractivity contribution in [3.8, 4) is 0 Å². The second-order valence-corrected chi connectivity index (χ2v) is 5.46. The molecule has 0 spiro atoms. The number of methoxy groups -OCH3 is 1. The number of pyridine rings is 1. The van der Waals surface area contributed by atoms with Crippen molar-refractivity contribution in [2.24, 2.45) is 11.1 Å². The van der Waals surface area contributed by atoms with Gasteiger partial charge in [-0.3, -0.25) is 4.98 Å². The van der Waals surface area contributed by atoms with E-state index in [1.807, 2.05) is 0 Å². The van der Waals surface area contributed by atoms with Crippen LogP contribution in [0.2, 0.25) is 0 Å². The molecule has 0 radical (unpaired) electrons. The molecule has 4 N–H and O–H groups in total. The average molecular weight is 237 g/mol. The highest BCUT2D eigenvalue weighted by Gasteiger charge is 2.30. The van der Waals surface area contributed by atoms with Crippen molar-refractivity contribution in [3.63, 3.8) is 0 Å². The summed E-state index contributed by atoms with van der Waals surface area (Å²) in [6, 6.07) is 1.70. The Labute approximate surface area is 103 Å². The molecule has 2 unspecified atom stereocenters. The third-order valence-electron chi connectivity index (χ3n) is 2.89. The van der Waals surface area contributed by atoms with Crippen LogP contribution in [-0.2, 0) is 11.2 Å². The maximum Gasteiger partial charge on any atom is 0.0773 e. The molecule has 0 aliphatic heterocycles. The van der Waals surface area contributed by atoms with Gasteiger partial charge in [0.2, 0.25) is 0 Å². The highest BCUT2D eigenvalue weighted by Crippen LogP contribution is 2.25. The first-order valence-electron chi connectivity index (χ1n) is 5.83. The molecule has 0 aromatic carbocycles. The molecule has 0 aliphatic carbocycles. The van der Waals surface area contributed by atoms with Gasteiger partial charge in [-0.2, -0.15) is 0 Å². The number of hydrogen-bond acceptors (Lipinski definition) is 4. The van der Waals surface area contributed by atoms with E-state index in [0.717, 1.165) is 11.3 Å². The van der Waals surface area contributed by atoms with Crippen LogP contribution in [0, 0.1) is 5.41 Å². The topological polar surface area (TPSA) is 74.2 Å². The summed E-state index contributed by atoms with van der Waals surface area (Å²) in [6.07, 6.45) is 4.11. The van der Waals surface area contributed by atoms with Crippen LogP contribution in [0.25, 0.3) is 0 Å². The zero-order valence-corrected chi connectivity index (χ0v) is 11.1. The van der Waals surface area contributed by atoms with E-state index in [-0.39, 0.29) is 17.6 Å². The monoisotopic (exact) mass is 237 g/mol. The van der Waals surface area contributed by atoms with Crippen molar-refractivity contribution in [1.29, 1.82) is 0 Å².